The van der Waals surface area contributed by atoms with Crippen LogP contribution in [0.3, 0.4) is 0 Å². The number of rotatable bonds is 8. The van der Waals surface area contributed by atoms with Crippen LogP contribution in [0.1, 0.15) is 30.9 Å². The lowest BCUT2D eigenvalue weighted by molar-refractivity contribution is 0.405. The smallest absolute Gasteiger partial charge is 0.224 e. The Hall–Kier alpha value is -1.73. The van der Waals surface area contributed by atoms with E-state index in [9.17, 15) is 4.39 Å². The van der Waals surface area contributed by atoms with E-state index < -0.39 is 0 Å². The summed E-state index contributed by atoms with van der Waals surface area (Å²) in [5.41, 5.74) is 1.71. The standard InChI is InChI=1S/C18H23BrFN5/c1-25(2)9-3-8-21-18-23-16(12-4-5-12)11-17(24-18)22-13-6-7-14(19)15(20)10-13/h6-7,10-12H,3-5,8-9H2,1-2H3,(H2,21,22,23,24). The van der Waals surface area contributed by atoms with Crippen LogP contribution in [0.5, 0.6) is 0 Å². The van der Waals surface area contributed by atoms with Gasteiger partial charge >= 0.3 is 0 Å². The van der Waals surface area contributed by atoms with E-state index in [0.717, 1.165) is 25.2 Å². The van der Waals surface area contributed by atoms with Crippen molar-refractivity contribution >= 4 is 33.4 Å². The number of nitrogens with zero attached hydrogens (tertiary/aromatic N) is 3. The topological polar surface area (TPSA) is 53.1 Å². The number of aromatic nitrogens is 2. The molecule has 0 unspecified atom stereocenters. The number of benzene rings is 1. The van der Waals surface area contributed by atoms with Gasteiger partial charge in [-0.2, -0.15) is 4.98 Å². The van der Waals surface area contributed by atoms with Crippen LogP contribution in [0.25, 0.3) is 0 Å². The maximum absolute atomic E-state index is 13.7. The van der Waals surface area contributed by atoms with Crippen LogP contribution < -0.4 is 10.6 Å². The fourth-order valence-corrected chi connectivity index (χ4v) is 2.76. The minimum absolute atomic E-state index is 0.302. The molecule has 3 rings (SSSR count). The first kappa shape index (κ1) is 18.1. The average molecular weight is 408 g/mol. The molecule has 1 heterocycles. The highest BCUT2D eigenvalue weighted by Gasteiger charge is 2.26. The second kappa shape index (κ2) is 8.10. The van der Waals surface area contributed by atoms with E-state index in [1.165, 1.54) is 18.9 Å². The maximum Gasteiger partial charge on any atom is 0.224 e. The van der Waals surface area contributed by atoms with E-state index in [1.54, 1.807) is 6.07 Å². The Morgan fingerprint density at radius 3 is 2.72 bits per heavy atom. The third-order valence-corrected chi connectivity index (χ3v) is 4.64. The zero-order valence-electron chi connectivity index (χ0n) is 14.5. The molecule has 134 valence electrons. The van der Waals surface area contributed by atoms with Crippen molar-refractivity contribution in [1.82, 2.24) is 14.9 Å². The van der Waals surface area contributed by atoms with Crippen molar-refractivity contribution in [2.75, 3.05) is 37.8 Å². The fourth-order valence-electron chi connectivity index (χ4n) is 2.51. The third-order valence-electron chi connectivity index (χ3n) is 4.00. The first-order valence-corrected chi connectivity index (χ1v) is 9.30. The molecule has 0 saturated heterocycles. The minimum atomic E-state index is -0.302. The molecule has 0 atom stereocenters. The highest BCUT2D eigenvalue weighted by molar-refractivity contribution is 9.10. The van der Waals surface area contributed by atoms with Crippen LogP contribution in [0.2, 0.25) is 0 Å². The SMILES string of the molecule is CN(C)CCCNc1nc(Nc2ccc(Br)c(F)c2)cc(C2CC2)n1. The summed E-state index contributed by atoms with van der Waals surface area (Å²) >= 11 is 3.17. The predicted octanol–water partition coefficient (Wildman–Crippen LogP) is 4.36. The van der Waals surface area contributed by atoms with Crippen molar-refractivity contribution in [3.8, 4) is 0 Å². The molecule has 25 heavy (non-hydrogen) atoms. The van der Waals surface area contributed by atoms with Gasteiger partial charge in [-0.3, -0.25) is 0 Å². The Morgan fingerprint density at radius 1 is 1.24 bits per heavy atom. The molecule has 2 N–H and O–H groups in total. The number of halogens is 2. The van der Waals surface area contributed by atoms with Gasteiger partial charge in [0, 0.05) is 24.2 Å². The minimum Gasteiger partial charge on any atom is -0.354 e. The first-order chi connectivity index (χ1) is 12.0. The summed E-state index contributed by atoms with van der Waals surface area (Å²) in [7, 11) is 4.12. The molecule has 1 aromatic carbocycles. The van der Waals surface area contributed by atoms with Crippen molar-refractivity contribution < 1.29 is 4.39 Å². The molecule has 1 fully saturated rings. The zero-order valence-corrected chi connectivity index (χ0v) is 16.1. The summed E-state index contributed by atoms with van der Waals surface area (Å²) in [6, 6.07) is 6.91. The molecule has 0 radical (unpaired) electrons. The van der Waals surface area contributed by atoms with Gasteiger partial charge in [-0.05, 0) is 74.0 Å². The highest BCUT2D eigenvalue weighted by atomic mass is 79.9. The molecular weight excluding hydrogens is 385 g/mol. The van der Waals surface area contributed by atoms with Crippen molar-refractivity contribution in [2.24, 2.45) is 0 Å². The third kappa shape index (κ3) is 5.37. The van der Waals surface area contributed by atoms with Gasteiger partial charge in [-0.15, -0.1) is 0 Å². The summed E-state index contributed by atoms with van der Waals surface area (Å²) in [6.07, 6.45) is 3.36. The molecule has 1 aromatic heterocycles. The van der Waals surface area contributed by atoms with Gasteiger partial charge in [0.05, 0.1) is 10.2 Å². The van der Waals surface area contributed by atoms with Crippen LogP contribution in [0, 0.1) is 5.82 Å². The van der Waals surface area contributed by atoms with Crippen LogP contribution in [-0.4, -0.2) is 42.1 Å². The molecule has 1 aliphatic carbocycles. The average Bonchev–Trinajstić information content (AvgIpc) is 3.40. The number of anilines is 3. The highest BCUT2D eigenvalue weighted by Crippen LogP contribution is 2.40. The monoisotopic (exact) mass is 407 g/mol. The lowest BCUT2D eigenvalue weighted by Gasteiger charge is -2.12. The molecule has 7 heteroatoms. The number of hydrogen-bond acceptors (Lipinski definition) is 5. The van der Waals surface area contributed by atoms with Crippen molar-refractivity contribution in [1.29, 1.82) is 0 Å². The molecule has 1 aliphatic rings. The van der Waals surface area contributed by atoms with Crippen molar-refractivity contribution in [3.05, 3.63) is 40.2 Å². The molecular formula is C18H23BrFN5. The Kier molecular flexibility index (Phi) is 5.86. The Balaban J connectivity index is 1.72. The van der Waals surface area contributed by atoms with E-state index in [4.69, 9.17) is 0 Å². The van der Waals surface area contributed by atoms with Crippen molar-refractivity contribution in [3.63, 3.8) is 0 Å². The lowest BCUT2D eigenvalue weighted by atomic mass is 10.2. The van der Waals surface area contributed by atoms with E-state index >= 15 is 0 Å². The fraction of sp³-hybridized carbons (Fsp3) is 0.444. The zero-order chi connectivity index (χ0) is 17.8. The van der Waals surface area contributed by atoms with Gasteiger partial charge < -0.3 is 15.5 Å². The second-order valence-corrected chi connectivity index (χ2v) is 7.47. The van der Waals surface area contributed by atoms with Gasteiger partial charge in [-0.25, -0.2) is 9.37 Å². The Morgan fingerprint density at radius 2 is 2.04 bits per heavy atom. The van der Waals surface area contributed by atoms with E-state index in [2.05, 4.69) is 55.5 Å². The molecule has 5 nitrogen and oxygen atoms in total. The van der Waals surface area contributed by atoms with E-state index in [1.807, 2.05) is 12.1 Å². The predicted molar refractivity (Wildman–Crippen MR) is 103 cm³/mol. The molecule has 0 aliphatic heterocycles. The molecule has 0 bridgehead atoms. The van der Waals surface area contributed by atoms with Gasteiger partial charge in [-0.1, -0.05) is 0 Å². The largest absolute Gasteiger partial charge is 0.354 e. The van der Waals surface area contributed by atoms with E-state index in [0.29, 0.717) is 27.8 Å². The second-order valence-electron chi connectivity index (χ2n) is 6.61. The van der Waals surface area contributed by atoms with Crippen LogP contribution in [-0.2, 0) is 0 Å². The van der Waals surface area contributed by atoms with Crippen LogP contribution in [0.15, 0.2) is 28.7 Å². The van der Waals surface area contributed by atoms with Crippen LogP contribution >= 0.6 is 15.9 Å². The lowest BCUT2D eigenvalue weighted by Crippen LogP contribution is -2.17. The number of hydrogen-bond donors (Lipinski definition) is 2. The quantitative estimate of drug-likeness (QED) is 0.636. The molecule has 0 spiro atoms. The van der Waals surface area contributed by atoms with Crippen molar-refractivity contribution in [2.45, 2.75) is 25.2 Å². The first-order valence-electron chi connectivity index (χ1n) is 8.51. The van der Waals surface area contributed by atoms with Gasteiger partial charge in [0.2, 0.25) is 5.95 Å². The summed E-state index contributed by atoms with van der Waals surface area (Å²) in [6.45, 7) is 1.83. The summed E-state index contributed by atoms with van der Waals surface area (Å²) in [5, 5.41) is 6.48. The molecule has 2 aromatic rings. The summed E-state index contributed by atoms with van der Waals surface area (Å²) in [5.74, 6) is 1.54. The number of nitrogens with one attached hydrogen (secondary N) is 2. The Labute approximate surface area is 156 Å². The summed E-state index contributed by atoms with van der Waals surface area (Å²) in [4.78, 5) is 11.3. The molecule has 0 amide bonds. The summed E-state index contributed by atoms with van der Waals surface area (Å²) < 4.78 is 14.2. The normalized spacial score (nSPS) is 14.0. The van der Waals surface area contributed by atoms with Gasteiger partial charge in [0.1, 0.15) is 11.6 Å². The molecule has 1 saturated carbocycles. The van der Waals surface area contributed by atoms with Crippen LogP contribution in [0.4, 0.5) is 21.8 Å². The van der Waals surface area contributed by atoms with Gasteiger partial charge in [0.25, 0.3) is 0 Å². The van der Waals surface area contributed by atoms with Gasteiger partial charge in [0.15, 0.2) is 0 Å². The Bertz CT molecular complexity index is 733. The maximum atomic E-state index is 13.7. The van der Waals surface area contributed by atoms with E-state index in [-0.39, 0.29) is 5.82 Å².